The Kier molecular flexibility index (Phi) is 5.19. The Morgan fingerprint density at radius 1 is 0.857 bits per heavy atom. The zero-order valence-electron chi connectivity index (χ0n) is 13.9. The summed E-state index contributed by atoms with van der Waals surface area (Å²) in [5, 5.41) is 3.72. The number of hydrogen-bond donors (Lipinski definition) is 1. The molecule has 0 amide bonds. The van der Waals surface area contributed by atoms with E-state index < -0.39 is 0 Å². The van der Waals surface area contributed by atoms with Crippen molar-refractivity contribution in [2.24, 2.45) is 0 Å². The van der Waals surface area contributed by atoms with Crippen molar-refractivity contribution in [2.75, 3.05) is 0 Å². The molecule has 0 fully saturated rings. The number of rotatable bonds is 5. The van der Waals surface area contributed by atoms with Gasteiger partial charge in [0.2, 0.25) is 0 Å². The van der Waals surface area contributed by atoms with Gasteiger partial charge in [-0.05, 0) is 68.9 Å². The molecule has 0 saturated heterocycles. The molecule has 0 bridgehead atoms. The molecule has 2 aromatic rings. The van der Waals surface area contributed by atoms with E-state index in [2.05, 4.69) is 82.4 Å². The molecule has 2 rings (SSSR count). The molecule has 0 radical (unpaired) electrons. The van der Waals surface area contributed by atoms with Gasteiger partial charge >= 0.3 is 0 Å². The Morgan fingerprint density at radius 3 is 2.24 bits per heavy atom. The van der Waals surface area contributed by atoms with Crippen LogP contribution in [0.5, 0.6) is 0 Å². The second-order valence-electron chi connectivity index (χ2n) is 6.26. The summed E-state index contributed by atoms with van der Waals surface area (Å²) < 4.78 is 0. The smallest absolute Gasteiger partial charge is 0.0294 e. The highest BCUT2D eigenvalue weighted by atomic mass is 14.9. The topological polar surface area (TPSA) is 12.0 Å². The van der Waals surface area contributed by atoms with Crippen LogP contribution >= 0.6 is 0 Å². The van der Waals surface area contributed by atoms with Gasteiger partial charge in [-0.3, -0.25) is 0 Å². The molecule has 1 N–H and O–H groups in total. The molecule has 21 heavy (non-hydrogen) atoms. The maximum absolute atomic E-state index is 3.72. The van der Waals surface area contributed by atoms with Crippen LogP contribution in [0.1, 0.15) is 47.7 Å². The van der Waals surface area contributed by atoms with Gasteiger partial charge in [-0.2, -0.15) is 0 Å². The van der Waals surface area contributed by atoms with Crippen molar-refractivity contribution in [3.63, 3.8) is 0 Å². The Hall–Kier alpha value is -1.60. The van der Waals surface area contributed by atoms with Crippen LogP contribution in [0.15, 0.2) is 42.5 Å². The van der Waals surface area contributed by atoms with E-state index in [4.69, 9.17) is 0 Å². The van der Waals surface area contributed by atoms with Crippen LogP contribution in [0.4, 0.5) is 0 Å². The van der Waals surface area contributed by atoms with E-state index in [1.54, 1.807) is 0 Å². The summed E-state index contributed by atoms with van der Waals surface area (Å²) in [4.78, 5) is 0. The fraction of sp³-hybridized carbons (Fsp3) is 0.400. The summed E-state index contributed by atoms with van der Waals surface area (Å²) in [6.07, 6.45) is 1.07. The summed E-state index contributed by atoms with van der Waals surface area (Å²) in [5.74, 6) is 0. The van der Waals surface area contributed by atoms with E-state index in [1.807, 2.05) is 0 Å². The van der Waals surface area contributed by atoms with Crippen molar-refractivity contribution in [3.05, 3.63) is 70.3 Å². The molecule has 0 saturated carbocycles. The molecule has 2 atom stereocenters. The standard InChI is InChI=1S/C20H27N/c1-14-10-11-20(12-16(14)3)18(5)21-17(4)13-19-9-7-6-8-15(19)2/h6-12,17-18,21H,13H2,1-5H3. The molecule has 0 aliphatic rings. The lowest BCUT2D eigenvalue weighted by Gasteiger charge is -2.22. The van der Waals surface area contributed by atoms with Crippen LogP contribution in [0.2, 0.25) is 0 Å². The molecule has 2 aromatic carbocycles. The van der Waals surface area contributed by atoms with Gasteiger partial charge in [0.25, 0.3) is 0 Å². The van der Waals surface area contributed by atoms with E-state index in [0.717, 1.165) is 6.42 Å². The Bertz CT molecular complexity index is 601. The van der Waals surface area contributed by atoms with Gasteiger partial charge in [0, 0.05) is 12.1 Å². The molecule has 1 heteroatoms. The minimum atomic E-state index is 0.378. The third-order valence-electron chi connectivity index (χ3n) is 4.35. The first kappa shape index (κ1) is 15.8. The third kappa shape index (κ3) is 4.18. The molecule has 0 spiro atoms. The summed E-state index contributed by atoms with van der Waals surface area (Å²) in [6.45, 7) is 11.1. The monoisotopic (exact) mass is 281 g/mol. The molecule has 2 unspecified atom stereocenters. The first-order valence-corrected chi connectivity index (χ1v) is 7.85. The zero-order valence-corrected chi connectivity index (χ0v) is 13.9. The van der Waals surface area contributed by atoms with Crippen molar-refractivity contribution in [1.82, 2.24) is 5.32 Å². The minimum absolute atomic E-state index is 0.378. The summed E-state index contributed by atoms with van der Waals surface area (Å²) >= 11 is 0. The molecular formula is C20H27N. The number of benzene rings is 2. The average Bonchev–Trinajstić information content (AvgIpc) is 2.44. The van der Waals surface area contributed by atoms with E-state index in [1.165, 1.54) is 27.8 Å². The third-order valence-corrected chi connectivity index (χ3v) is 4.35. The SMILES string of the molecule is Cc1ccc(C(C)NC(C)Cc2ccccc2C)cc1C. The van der Waals surface area contributed by atoms with Gasteiger partial charge in [0.1, 0.15) is 0 Å². The Morgan fingerprint density at radius 2 is 1.57 bits per heavy atom. The molecule has 1 nitrogen and oxygen atoms in total. The average molecular weight is 281 g/mol. The lowest BCUT2D eigenvalue weighted by atomic mass is 9.99. The Labute approximate surface area is 129 Å². The predicted octanol–water partition coefficient (Wildman–Crippen LogP) is 4.89. The fourth-order valence-electron chi connectivity index (χ4n) is 2.78. The van der Waals surface area contributed by atoms with Crippen molar-refractivity contribution in [2.45, 2.75) is 53.1 Å². The van der Waals surface area contributed by atoms with Gasteiger partial charge in [-0.25, -0.2) is 0 Å². The van der Waals surface area contributed by atoms with Crippen molar-refractivity contribution in [3.8, 4) is 0 Å². The number of aryl methyl sites for hydroxylation is 3. The summed E-state index contributed by atoms with van der Waals surface area (Å²) in [7, 11) is 0. The van der Waals surface area contributed by atoms with Gasteiger partial charge in [-0.15, -0.1) is 0 Å². The summed E-state index contributed by atoms with van der Waals surface area (Å²) in [6, 6.07) is 16.2. The van der Waals surface area contributed by atoms with Crippen LogP contribution in [0.25, 0.3) is 0 Å². The van der Waals surface area contributed by atoms with Gasteiger partial charge in [0.05, 0.1) is 0 Å². The molecule has 0 heterocycles. The van der Waals surface area contributed by atoms with Gasteiger partial charge in [-0.1, -0.05) is 42.5 Å². The van der Waals surface area contributed by atoms with E-state index in [-0.39, 0.29) is 0 Å². The number of nitrogens with one attached hydrogen (secondary N) is 1. The van der Waals surface area contributed by atoms with Crippen LogP contribution < -0.4 is 5.32 Å². The minimum Gasteiger partial charge on any atom is -0.307 e. The highest BCUT2D eigenvalue weighted by Crippen LogP contribution is 2.18. The van der Waals surface area contributed by atoms with Crippen LogP contribution in [0.3, 0.4) is 0 Å². The molecular weight excluding hydrogens is 254 g/mol. The normalized spacial score (nSPS) is 14.0. The summed E-state index contributed by atoms with van der Waals surface area (Å²) in [5.41, 5.74) is 6.91. The first-order chi connectivity index (χ1) is 9.97. The fourth-order valence-corrected chi connectivity index (χ4v) is 2.78. The maximum Gasteiger partial charge on any atom is 0.0294 e. The quantitative estimate of drug-likeness (QED) is 0.822. The highest BCUT2D eigenvalue weighted by molar-refractivity contribution is 5.31. The largest absolute Gasteiger partial charge is 0.307 e. The molecule has 0 aliphatic carbocycles. The van der Waals surface area contributed by atoms with Crippen LogP contribution in [0, 0.1) is 20.8 Å². The van der Waals surface area contributed by atoms with E-state index in [9.17, 15) is 0 Å². The highest BCUT2D eigenvalue weighted by Gasteiger charge is 2.11. The Balaban J connectivity index is 2.00. The van der Waals surface area contributed by atoms with Crippen molar-refractivity contribution >= 4 is 0 Å². The van der Waals surface area contributed by atoms with E-state index >= 15 is 0 Å². The molecule has 112 valence electrons. The lowest BCUT2D eigenvalue weighted by molar-refractivity contribution is 0.476. The second kappa shape index (κ2) is 6.91. The molecule has 0 aromatic heterocycles. The van der Waals surface area contributed by atoms with Gasteiger partial charge in [0.15, 0.2) is 0 Å². The maximum atomic E-state index is 3.72. The second-order valence-corrected chi connectivity index (χ2v) is 6.26. The number of hydrogen-bond acceptors (Lipinski definition) is 1. The molecule has 0 aliphatic heterocycles. The van der Waals surface area contributed by atoms with Crippen molar-refractivity contribution in [1.29, 1.82) is 0 Å². The zero-order chi connectivity index (χ0) is 15.4. The first-order valence-electron chi connectivity index (χ1n) is 7.85. The predicted molar refractivity (Wildman–Crippen MR) is 91.8 cm³/mol. The van der Waals surface area contributed by atoms with E-state index in [0.29, 0.717) is 12.1 Å². The van der Waals surface area contributed by atoms with Crippen molar-refractivity contribution < 1.29 is 0 Å². The van der Waals surface area contributed by atoms with Crippen LogP contribution in [-0.4, -0.2) is 6.04 Å². The van der Waals surface area contributed by atoms with Gasteiger partial charge < -0.3 is 5.32 Å². The van der Waals surface area contributed by atoms with Crippen LogP contribution in [-0.2, 0) is 6.42 Å². The lowest BCUT2D eigenvalue weighted by Crippen LogP contribution is -2.31.